The van der Waals surface area contributed by atoms with Crippen molar-refractivity contribution < 1.29 is 4.79 Å². The minimum absolute atomic E-state index is 0.141. The molecule has 2 aliphatic carbocycles. The number of anilines is 2. The number of carbonyl (C=O) groups is 1. The van der Waals surface area contributed by atoms with Crippen LogP contribution >= 0.6 is 23.4 Å². The molecule has 0 aromatic carbocycles. The van der Waals surface area contributed by atoms with Crippen LogP contribution in [0.15, 0.2) is 57.9 Å². The monoisotopic (exact) mass is 569 g/mol. The van der Waals surface area contributed by atoms with Gasteiger partial charge in [0, 0.05) is 53.1 Å². The minimum atomic E-state index is -0.198. The van der Waals surface area contributed by atoms with E-state index >= 15 is 0 Å². The molecule has 1 amide bonds. The van der Waals surface area contributed by atoms with Crippen LogP contribution in [-0.4, -0.2) is 52.5 Å². The van der Waals surface area contributed by atoms with E-state index in [1.165, 1.54) is 6.42 Å². The lowest BCUT2D eigenvalue weighted by Crippen LogP contribution is -2.66. The lowest BCUT2D eigenvalue weighted by Gasteiger charge is -2.48. The second-order valence-electron chi connectivity index (χ2n) is 11.9. The van der Waals surface area contributed by atoms with E-state index in [0.717, 1.165) is 48.4 Å². The van der Waals surface area contributed by atoms with Gasteiger partial charge in [-0.05, 0) is 44.1 Å². The molecule has 4 aliphatic rings. The summed E-state index contributed by atoms with van der Waals surface area (Å²) in [4.78, 5) is 24.7. The van der Waals surface area contributed by atoms with Crippen molar-refractivity contribution in [1.29, 1.82) is 0 Å². The largest absolute Gasteiger partial charge is 0.354 e. The molecule has 5 rings (SSSR count). The fourth-order valence-corrected chi connectivity index (χ4v) is 6.60. The van der Waals surface area contributed by atoms with E-state index in [0.29, 0.717) is 35.0 Å². The molecule has 0 spiro atoms. The van der Waals surface area contributed by atoms with Gasteiger partial charge in [0.25, 0.3) is 5.91 Å². The van der Waals surface area contributed by atoms with Gasteiger partial charge in [-0.3, -0.25) is 4.79 Å². The molecule has 8 nitrogen and oxygen atoms in total. The van der Waals surface area contributed by atoms with Crippen LogP contribution in [0.1, 0.15) is 53.4 Å². The average Bonchev–Trinajstić information content (AvgIpc) is 2.82. The van der Waals surface area contributed by atoms with E-state index in [4.69, 9.17) is 27.3 Å². The summed E-state index contributed by atoms with van der Waals surface area (Å²) in [6.07, 6.45) is 13.2. The first-order chi connectivity index (χ1) is 18.6. The third-order valence-electron chi connectivity index (χ3n) is 7.94. The molecule has 5 atom stereocenters. The van der Waals surface area contributed by atoms with Crippen LogP contribution in [-0.2, 0) is 4.79 Å². The molecule has 0 bridgehead atoms. The molecule has 1 aromatic heterocycles. The number of nitrogens with zero attached hydrogens (tertiary/aromatic N) is 3. The van der Waals surface area contributed by atoms with Crippen LogP contribution in [0.5, 0.6) is 0 Å². The Labute approximate surface area is 241 Å². The number of hydrogen-bond donors (Lipinski definition) is 4. The molecule has 5 unspecified atom stereocenters. The first-order valence-corrected chi connectivity index (χ1v) is 15.2. The fourth-order valence-electron chi connectivity index (χ4n) is 5.43. The number of rotatable bonds is 8. The summed E-state index contributed by atoms with van der Waals surface area (Å²) in [5.74, 6) is 1.87. The highest BCUT2D eigenvalue weighted by molar-refractivity contribution is 7.99. The van der Waals surface area contributed by atoms with Crippen molar-refractivity contribution in [3.63, 3.8) is 0 Å². The summed E-state index contributed by atoms with van der Waals surface area (Å²) in [6, 6.07) is 2.86. The maximum absolute atomic E-state index is 12.7. The quantitative estimate of drug-likeness (QED) is 0.264. The summed E-state index contributed by atoms with van der Waals surface area (Å²) in [5.41, 5.74) is 8.12. The fraction of sp³-hybridized carbons (Fsp3) is 0.552. The van der Waals surface area contributed by atoms with Gasteiger partial charge in [-0.2, -0.15) is 0 Å². The maximum Gasteiger partial charge on any atom is 0.256 e. The zero-order valence-electron chi connectivity index (χ0n) is 23.2. The number of nitrogens with one attached hydrogen (secondary N) is 3. The number of aromatic nitrogens is 2. The first kappa shape index (κ1) is 28.2. The summed E-state index contributed by atoms with van der Waals surface area (Å²) in [6.45, 7) is 10.9. The molecule has 3 heterocycles. The summed E-state index contributed by atoms with van der Waals surface area (Å²) >= 11 is 7.89. The van der Waals surface area contributed by atoms with Crippen LogP contribution in [0.3, 0.4) is 0 Å². The molecule has 2 saturated heterocycles. The van der Waals surface area contributed by atoms with Gasteiger partial charge in [0.2, 0.25) is 0 Å². The Morgan fingerprint density at radius 3 is 2.72 bits per heavy atom. The van der Waals surface area contributed by atoms with Crippen LogP contribution in [0, 0.1) is 11.3 Å². The van der Waals surface area contributed by atoms with E-state index in [9.17, 15) is 4.79 Å². The van der Waals surface area contributed by atoms with Crippen molar-refractivity contribution in [2.24, 2.45) is 17.1 Å². The van der Waals surface area contributed by atoms with Gasteiger partial charge in [-0.15, -0.1) is 0 Å². The minimum Gasteiger partial charge on any atom is -0.354 e. The summed E-state index contributed by atoms with van der Waals surface area (Å²) in [7, 11) is 0. The Kier molecular flexibility index (Phi) is 8.42. The number of allylic oxidation sites excluding steroid dienone is 4. The number of thioether (sulfide) groups is 1. The van der Waals surface area contributed by atoms with E-state index in [-0.39, 0.29) is 22.7 Å². The third kappa shape index (κ3) is 6.53. The van der Waals surface area contributed by atoms with Gasteiger partial charge in [0.1, 0.15) is 11.6 Å². The zero-order chi connectivity index (χ0) is 27.7. The van der Waals surface area contributed by atoms with Gasteiger partial charge in [-0.1, -0.05) is 68.4 Å². The van der Waals surface area contributed by atoms with Crippen LogP contribution in [0.2, 0.25) is 0 Å². The standard InChI is InChI=1S/C29H40ClN7OS/c1-17-13-14-37(17)24-15-23(34-26(31)21-16-32-25(21)29(2,3)4)35-28(36-24)39-19-11-9-18(10-12-19)33-27(38)20-7-5-6-8-22(20)30/h5,7,9-11,15,17,19,21,25-26,32H,6,8,12-14,16,31H2,1-4H3,(H,33,38)(H,34,35,36). The van der Waals surface area contributed by atoms with Gasteiger partial charge >= 0.3 is 0 Å². The Morgan fingerprint density at radius 2 is 2.13 bits per heavy atom. The predicted molar refractivity (Wildman–Crippen MR) is 161 cm³/mol. The van der Waals surface area contributed by atoms with E-state index in [1.54, 1.807) is 17.8 Å². The number of carbonyl (C=O) groups excluding carboxylic acids is 1. The molecule has 0 radical (unpaired) electrons. The predicted octanol–water partition coefficient (Wildman–Crippen LogP) is 4.67. The highest BCUT2D eigenvalue weighted by atomic mass is 35.5. The molecule has 10 heteroatoms. The molecule has 5 N–H and O–H groups in total. The van der Waals surface area contributed by atoms with Gasteiger partial charge < -0.3 is 26.6 Å². The number of nitrogens with two attached hydrogens (primary N) is 1. The van der Waals surface area contributed by atoms with Crippen LogP contribution < -0.4 is 26.6 Å². The van der Waals surface area contributed by atoms with Crippen molar-refractivity contribution in [1.82, 2.24) is 20.6 Å². The average molecular weight is 570 g/mol. The SMILES string of the molecule is CC1CCN1c1cc(NC(N)C2CNC2C(C)(C)C)nc(SC2C=CC(NC(=O)C3=C(Cl)CCC=C3)=CC2)n1. The lowest BCUT2D eigenvalue weighted by atomic mass is 9.73. The van der Waals surface area contributed by atoms with Crippen molar-refractivity contribution in [3.8, 4) is 0 Å². The van der Waals surface area contributed by atoms with E-state index in [2.05, 4.69) is 54.6 Å². The van der Waals surface area contributed by atoms with Gasteiger partial charge in [0.15, 0.2) is 5.16 Å². The highest BCUT2D eigenvalue weighted by Gasteiger charge is 2.42. The number of amides is 1. The van der Waals surface area contributed by atoms with Crippen LogP contribution in [0.25, 0.3) is 0 Å². The van der Waals surface area contributed by atoms with Crippen molar-refractivity contribution in [2.45, 2.75) is 82.0 Å². The Bertz CT molecular complexity index is 1220. The molecule has 1 aromatic rings. The molecule has 2 fully saturated rings. The highest BCUT2D eigenvalue weighted by Crippen LogP contribution is 2.35. The maximum atomic E-state index is 12.7. The smallest absolute Gasteiger partial charge is 0.256 e. The van der Waals surface area contributed by atoms with Crippen LogP contribution in [0.4, 0.5) is 11.6 Å². The molecule has 39 heavy (non-hydrogen) atoms. The molecule has 2 aliphatic heterocycles. The molecule has 0 saturated carbocycles. The van der Waals surface area contributed by atoms with Crippen molar-refractivity contribution in [3.05, 3.63) is 52.7 Å². The van der Waals surface area contributed by atoms with E-state index < -0.39 is 0 Å². The topological polar surface area (TPSA) is 108 Å². The molecular weight excluding hydrogens is 530 g/mol. The Balaban J connectivity index is 1.25. The van der Waals surface area contributed by atoms with E-state index in [1.807, 2.05) is 24.3 Å². The second-order valence-corrected chi connectivity index (χ2v) is 13.6. The zero-order valence-corrected chi connectivity index (χ0v) is 24.8. The van der Waals surface area contributed by atoms with Gasteiger partial charge in [0.05, 0.1) is 11.7 Å². The Hall–Kier alpha value is -2.33. The third-order valence-corrected chi connectivity index (χ3v) is 9.38. The number of hydrogen-bond acceptors (Lipinski definition) is 8. The first-order valence-electron chi connectivity index (χ1n) is 13.9. The summed E-state index contributed by atoms with van der Waals surface area (Å²) in [5, 5.41) is 11.5. The summed E-state index contributed by atoms with van der Waals surface area (Å²) < 4.78 is 0. The van der Waals surface area contributed by atoms with Crippen molar-refractivity contribution in [2.75, 3.05) is 23.3 Å². The lowest BCUT2D eigenvalue weighted by molar-refractivity contribution is -0.116. The van der Waals surface area contributed by atoms with Crippen molar-refractivity contribution >= 4 is 40.9 Å². The second kappa shape index (κ2) is 11.6. The molecular formula is C29H40ClN7OS. The van der Waals surface area contributed by atoms with Gasteiger partial charge in [-0.25, -0.2) is 9.97 Å². The normalized spacial score (nSPS) is 27.4. The Morgan fingerprint density at radius 1 is 1.31 bits per heavy atom. The molecule has 210 valence electrons. The number of halogens is 1.